The molecule has 3 aromatic heterocycles. The first-order valence-corrected chi connectivity index (χ1v) is 12.7. The first-order chi connectivity index (χ1) is 17.9. The number of pyridine rings is 2. The summed E-state index contributed by atoms with van der Waals surface area (Å²) >= 11 is 0. The van der Waals surface area contributed by atoms with Crippen LogP contribution in [-0.2, 0) is 18.3 Å². The number of aliphatic hydroxyl groups is 1. The van der Waals surface area contributed by atoms with E-state index in [1.165, 1.54) is 6.92 Å². The first kappa shape index (κ1) is 23.4. The van der Waals surface area contributed by atoms with Crippen molar-refractivity contribution in [1.29, 1.82) is 0 Å². The van der Waals surface area contributed by atoms with E-state index in [1.807, 2.05) is 42.1 Å². The van der Waals surface area contributed by atoms with Gasteiger partial charge in [-0.15, -0.1) is 0 Å². The highest BCUT2D eigenvalue weighted by atomic mass is 16.5. The van der Waals surface area contributed by atoms with Crippen LogP contribution in [0.4, 0.5) is 11.6 Å². The second-order valence-electron chi connectivity index (χ2n) is 10.1. The smallest absolute Gasteiger partial charge is 0.274 e. The largest absolute Gasteiger partial charge is 0.457 e. The number of benzene rings is 1. The number of rotatable bonds is 8. The number of carbonyl (C=O) groups is 1. The number of fused-ring (bicyclic) bond motifs is 1. The molecule has 0 aliphatic heterocycles. The average Bonchev–Trinajstić information content (AvgIpc) is 3.66. The molecule has 2 saturated carbocycles. The molecule has 2 aliphatic rings. The Morgan fingerprint density at radius 2 is 1.95 bits per heavy atom. The van der Waals surface area contributed by atoms with Crippen molar-refractivity contribution in [3.05, 3.63) is 70.4 Å². The number of hydrogen-bond donors (Lipinski definition) is 2. The summed E-state index contributed by atoms with van der Waals surface area (Å²) in [5, 5.41) is 13.5. The number of anilines is 2. The maximum Gasteiger partial charge on any atom is 0.274 e. The topological polar surface area (TPSA) is 111 Å². The highest BCUT2D eigenvalue weighted by Crippen LogP contribution is 2.41. The lowest BCUT2D eigenvalue weighted by Crippen LogP contribution is -2.39. The highest BCUT2D eigenvalue weighted by molar-refractivity contribution is 5.81. The molecule has 190 valence electrons. The van der Waals surface area contributed by atoms with E-state index in [9.17, 15) is 14.7 Å². The molecule has 2 fully saturated rings. The van der Waals surface area contributed by atoms with Crippen molar-refractivity contribution in [3.8, 4) is 11.5 Å². The van der Waals surface area contributed by atoms with Gasteiger partial charge in [-0.25, -0.2) is 4.98 Å². The van der Waals surface area contributed by atoms with Crippen molar-refractivity contribution >= 4 is 28.5 Å². The number of ketones is 1. The van der Waals surface area contributed by atoms with Crippen LogP contribution in [0.25, 0.3) is 11.0 Å². The summed E-state index contributed by atoms with van der Waals surface area (Å²) < 4.78 is 9.63. The van der Waals surface area contributed by atoms with E-state index in [0.29, 0.717) is 34.7 Å². The maximum absolute atomic E-state index is 13.3. The standard InChI is InChI=1S/C28H29N5O4/c1-16(34)11-19-13-21(9-10-29-19)37-20-5-6-22-25(14-20)32(2)28(30-22)31-23-12-18(17-3-4-17)15-33(27(23)36)24-7-8-26(24)35/h5-6,9-10,12-15,17,24,26,35H,3-4,7-8,11H2,1-2H3,(H,30,31)/t24?,26-/m1/s1. The number of ether oxygens (including phenoxy) is 1. The predicted octanol–water partition coefficient (Wildman–Crippen LogP) is 4.37. The van der Waals surface area contributed by atoms with Gasteiger partial charge < -0.3 is 24.3 Å². The van der Waals surface area contributed by atoms with Gasteiger partial charge in [-0.05, 0) is 68.4 Å². The zero-order chi connectivity index (χ0) is 25.7. The number of Topliss-reactive ketones (excluding diaryl/α,β-unsaturated/α-hetero) is 1. The van der Waals surface area contributed by atoms with Gasteiger partial charge in [-0.2, -0.15) is 0 Å². The molecule has 9 heteroatoms. The summed E-state index contributed by atoms with van der Waals surface area (Å²) in [4.78, 5) is 33.7. The molecule has 37 heavy (non-hydrogen) atoms. The summed E-state index contributed by atoms with van der Waals surface area (Å²) in [5.41, 5.74) is 3.70. The molecule has 1 aromatic carbocycles. The number of aliphatic hydroxyl groups excluding tert-OH is 1. The monoisotopic (exact) mass is 499 g/mol. The SMILES string of the molecule is CC(=O)Cc1cc(Oc2ccc3nc(Nc4cc(C5CC5)cn(C5CC[C@H]5O)c4=O)n(C)c3c2)ccn1. The zero-order valence-corrected chi connectivity index (χ0v) is 20.8. The second-order valence-corrected chi connectivity index (χ2v) is 10.1. The molecule has 1 unspecified atom stereocenters. The average molecular weight is 500 g/mol. The number of imidazole rings is 1. The Bertz CT molecular complexity index is 1570. The van der Waals surface area contributed by atoms with Gasteiger partial charge in [0, 0.05) is 38.0 Å². The van der Waals surface area contributed by atoms with Crippen LogP contribution >= 0.6 is 0 Å². The van der Waals surface area contributed by atoms with Crippen LogP contribution in [-0.4, -0.2) is 36.1 Å². The van der Waals surface area contributed by atoms with E-state index in [-0.39, 0.29) is 23.8 Å². The summed E-state index contributed by atoms with van der Waals surface area (Å²) in [6.07, 6.45) is 7.10. The third kappa shape index (κ3) is 4.62. The van der Waals surface area contributed by atoms with E-state index < -0.39 is 6.10 Å². The van der Waals surface area contributed by atoms with Gasteiger partial charge in [-0.1, -0.05) is 0 Å². The lowest BCUT2D eigenvalue weighted by Gasteiger charge is -2.34. The van der Waals surface area contributed by atoms with Crippen molar-refractivity contribution < 1.29 is 14.6 Å². The van der Waals surface area contributed by atoms with E-state index in [1.54, 1.807) is 22.9 Å². The van der Waals surface area contributed by atoms with E-state index in [4.69, 9.17) is 9.72 Å². The summed E-state index contributed by atoms with van der Waals surface area (Å²) in [7, 11) is 1.89. The van der Waals surface area contributed by atoms with Crippen molar-refractivity contribution in [2.75, 3.05) is 5.32 Å². The number of carbonyl (C=O) groups excluding carboxylic acids is 1. The minimum absolute atomic E-state index is 0.0410. The Hall–Kier alpha value is -3.98. The fourth-order valence-electron chi connectivity index (χ4n) is 4.86. The molecule has 2 N–H and O–H groups in total. The van der Waals surface area contributed by atoms with Crippen LogP contribution in [0.2, 0.25) is 0 Å². The molecule has 2 atom stereocenters. The van der Waals surface area contributed by atoms with E-state index in [0.717, 1.165) is 42.3 Å². The Morgan fingerprint density at radius 1 is 1.14 bits per heavy atom. The fourth-order valence-corrected chi connectivity index (χ4v) is 4.86. The molecular formula is C28H29N5O4. The van der Waals surface area contributed by atoms with E-state index in [2.05, 4.69) is 10.3 Å². The number of hydrogen-bond acceptors (Lipinski definition) is 7. The van der Waals surface area contributed by atoms with Crippen LogP contribution in [0.1, 0.15) is 55.8 Å². The number of aryl methyl sites for hydroxylation is 1. The summed E-state index contributed by atoms with van der Waals surface area (Å²) in [6, 6.07) is 10.9. The molecule has 0 spiro atoms. The molecule has 9 nitrogen and oxygen atoms in total. The van der Waals surface area contributed by atoms with Crippen molar-refractivity contribution in [2.24, 2.45) is 7.05 Å². The van der Waals surface area contributed by atoms with Crippen LogP contribution in [0, 0.1) is 0 Å². The second kappa shape index (κ2) is 9.15. The predicted molar refractivity (Wildman–Crippen MR) is 140 cm³/mol. The van der Waals surface area contributed by atoms with Crippen LogP contribution in [0.3, 0.4) is 0 Å². The Morgan fingerprint density at radius 3 is 2.65 bits per heavy atom. The van der Waals surface area contributed by atoms with Gasteiger partial charge in [0.15, 0.2) is 0 Å². The molecule has 6 rings (SSSR count). The minimum Gasteiger partial charge on any atom is -0.457 e. The van der Waals surface area contributed by atoms with Crippen molar-refractivity contribution in [1.82, 2.24) is 19.1 Å². The van der Waals surface area contributed by atoms with E-state index >= 15 is 0 Å². The van der Waals surface area contributed by atoms with Crippen molar-refractivity contribution in [3.63, 3.8) is 0 Å². The Balaban J connectivity index is 1.29. The third-order valence-corrected chi connectivity index (χ3v) is 7.23. The van der Waals surface area contributed by atoms with Gasteiger partial charge in [0.1, 0.15) is 23.0 Å². The molecule has 2 aliphatic carbocycles. The summed E-state index contributed by atoms with van der Waals surface area (Å²) in [6.45, 7) is 1.53. The molecule has 4 aromatic rings. The Kier molecular flexibility index (Phi) is 5.79. The summed E-state index contributed by atoms with van der Waals surface area (Å²) in [5.74, 6) is 2.28. The van der Waals surface area contributed by atoms with Gasteiger partial charge in [0.2, 0.25) is 5.95 Å². The Labute approximate surface area is 213 Å². The molecule has 3 heterocycles. The number of nitrogens with zero attached hydrogens (tertiary/aromatic N) is 4. The number of nitrogens with one attached hydrogen (secondary N) is 1. The van der Waals surface area contributed by atoms with Gasteiger partial charge >= 0.3 is 0 Å². The number of aromatic nitrogens is 4. The quantitative estimate of drug-likeness (QED) is 0.370. The first-order valence-electron chi connectivity index (χ1n) is 12.7. The van der Waals surface area contributed by atoms with Crippen molar-refractivity contribution in [2.45, 2.75) is 57.1 Å². The molecular weight excluding hydrogens is 470 g/mol. The lowest BCUT2D eigenvalue weighted by atomic mass is 9.88. The molecule has 0 radical (unpaired) electrons. The molecule has 0 bridgehead atoms. The van der Waals surface area contributed by atoms with Crippen LogP contribution in [0.15, 0.2) is 53.6 Å². The third-order valence-electron chi connectivity index (χ3n) is 7.23. The van der Waals surface area contributed by atoms with Crippen LogP contribution in [0.5, 0.6) is 11.5 Å². The fraction of sp³-hybridized carbons (Fsp3) is 0.357. The zero-order valence-electron chi connectivity index (χ0n) is 20.8. The molecule has 0 saturated heterocycles. The maximum atomic E-state index is 13.3. The normalized spacial score (nSPS) is 19.0. The molecule has 0 amide bonds. The highest BCUT2D eigenvalue weighted by Gasteiger charge is 2.33. The minimum atomic E-state index is -0.479. The van der Waals surface area contributed by atoms with Crippen LogP contribution < -0.4 is 15.6 Å². The van der Waals surface area contributed by atoms with Gasteiger partial charge in [0.25, 0.3) is 5.56 Å². The lowest BCUT2D eigenvalue weighted by molar-refractivity contribution is -0.116. The van der Waals surface area contributed by atoms with Gasteiger partial charge in [-0.3, -0.25) is 14.6 Å². The van der Waals surface area contributed by atoms with Gasteiger partial charge in [0.05, 0.1) is 28.9 Å².